The molecule has 0 saturated carbocycles. The summed E-state index contributed by atoms with van der Waals surface area (Å²) in [7, 11) is 0.295. The van der Waals surface area contributed by atoms with Crippen molar-refractivity contribution in [1.29, 1.82) is 0 Å². The minimum atomic E-state index is -2.72. The van der Waals surface area contributed by atoms with Gasteiger partial charge >= 0.3 is 0 Å². The summed E-state index contributed by atoms with van der Waals surface area (Å²) >= 11 is 0. The molecule has 1 aliphatic rings. The largest absolute Gasteiger partial charge is 0.405 e. The molecule has 0 aliphatic carbocycles. The molecule has 1 aliphatic heterocycles. The monoisotopic (exact) mass is 483 g/mol. The molecule has 0 unspecified atom stereocenters. The average molecular weight is 484 g/mol. The second-order valence-corrected chi connectivity index (χ2v) is 14.3. The predicted octanol–water partition coefficient (Wildman–Crippen LogP) is 3.66. The van der Waals surface area contributed by atoms with Crippen LogP contribution in [-0.4, -0.2) is 58.0 Å². The first-order chi connectivity index (χ1) is 16.0. The Kier molecular flexibility index (Phi) is 8.16. The third-order valence-electron chi connectivity index (χ3n) is 6.12. The summed E-state index contributed by atoms with van der Waals surface area (Å²) in [4.78, 5) is 17.2. The zero-order valence-corrected chi connectivity index (χ0v) is 22.3. The van der Waals surface area contributed by atoms with Crippen molar-refractivity contribution < 1.29 is 23.5 Å². The number of benzene rings is 2. The Morgan fingerprint density at radius 3 is 2.03 bits per heavy atom. The van der Waals surface area contributed by atoms with E-state index in [-0.39, 0.29) is 17.0 Å². The molecule has 1 fully saturated rings. The highest BCUT2D eigenvalue weighted by molar-refractivity contribution is 6.99. The van der Waals surface area contributed by atoms with E-state index in [1.54, 1.807) is 13.1 Å². The molecule has 2 aromatic rings. The highest BCUT2D eigenvalue weighted by atomic mass is 28.4. The zero-order chi connectivity index (χ0) is 25.0. The lowest BCUT2D eigenvalue weighted by atomic mass is 10.2. The van der Waals surface area contributed by atoms with Gasteiger partial charge in [-0.25, -0.2) is 5.06 Å². The number of rotatable bonds is 8. The van der Waals surface area contributed by atoms with Crippen LogP contribution < -0.4 is 10.4 Å². The number of hydroxylamine groups is 2. The lowest BCUT2D eigenvalue weighted by Crippen LogP contribution is -2.67. The first-order valence-corrected chi connectivity index (χ1v) is 13.5. The van der Waals surface area contributed by atoms with Crippen molar-refractivity contribution in [2.45, 2.75) is 57.7 Å². The molecule has 6 nitrogen and oxygen atoms in total. The lowest BCUT2D eigenvalue weighted by Gasteiger charge is -2.43. The molecule has 3 rings (SSSR count). The molecular weight excluding hydrogens is 446 g/mol. The van der Waals surface area contributed by atoms with Crippen LogP contribution in [0.4, 0.5) is 0 Å². The number of amides is 1. The Hall–Kier alpha value is -2.29. The maximum atomic E-state index is 12.2. The Morgan fingerprint density at radius 2 is 1.56 bits per heavy atom. The van der Waals surface area contributed by atoms with Crippen molar-refractivity contribution in [3.63, 3.8) is 0 Å². The van der Waals surface area contributed by atoms with Gasteiger partial charge in [-0.15, -0.1) is 0 Å². The van der Waals surface area contributed by atoms with Crippen LogP contribution in [0.1, 0.15) is 34.6 Å². The molecule has 0 spiro atoms. The molecule has 1 amide bonds. The third kappa shape index (κ3) is 5.67. The van der Waals surface area contributed by atoms with Gasteiger partial charge in [-0.3, -0.25) is 9.63 Å². The Bertz CT molecular complexity index is 932. The van der Waals surface area contributed by atoms with Gasteiger partial charge < -0.3 is 13.9 Å². The average Bonchev–Trinajstić information content (AvgIpc) is 3.11. The molecule has 2 aromatic carbocycles. The molecule has 34 heavy (non-hydrogen) atoms. The summed E-state index contributed by atoms with van der Waals surface area (Å²) in [5.41, 5.74) is 0. The summed E-state index contributed by atoms with van der Waals surface area (Å²) < 4.78 is 19.4. The zero-order valence-electron chi connectivity index (χ0n) is 21.3. The van der Waals surface area contributed by atoms with E-state index >= 15 is 0 Å². The topological polar surface area (TPSA) is 57.2 Å². The maximum absolute atomic E-state index is 12.2. The SMILES string of the molecule is CON(C)C(=O)/C=C\[C@H]1OC(C)(C)O[C@@H]1CO[Si](c1ccccc1)(c1ccccc1)C(C)(C)C. The summed E-state index contributed by atoms with van der Waals surface area (Å²) in [6.45, 7) is 10.8. The second-order valence-electron chi connectivity index (χ2n) is 9.99. The summed E-state index contributed by atoms with van der Waals surface area (Å²) in [5.74, 6) is -1.06. The van der Waals surface area contributed by atoms with Crippen LogP contribution in [-0.2, 0) is 23.5 Å². The molecule has 1 saturated heterocycles. The smallest absolute Gasteiger partial charge is 0.269 e. The van der Waals surface area contributed by atoms with Crippen molar-refractivity contribution >= 4 is 24.6 Å². The summed E-state index contributed by atoms with van der Waals surface area (Å²) in [6, 6.07) is 21.0. The maximum Gasteiger partial charge on any atom is 0.269 e. The van der Waals surface area contributed by atoms with Crippen molar-refractivity contribution in [1.82, 2.24) is 5.06 Å². The van der Waals surface area contributed by atoms with Crippen LogP contribution >= 0.6 is 0 Å². The van der Waals surface area contributed by atoms with Crippen molar-refractivity contribution in [2.24, 2.45) is 0 Å². The summed E-state index contributed by atoms with van der Waals surface area (Å²) in [5, 5.41) is 3.42. The van der Waals surface area contributed by atoms with E-state index in [1.807, 2.05) is 26.0 Å². The molecule has 0 aromatic heterocycles. The number of carbonyl (C=O) groups excluding carboxylic acids is 1. The quantitative estimate of drug-likeness (QED) is 0.326. The van der Waals surface area contributed by atoms with Crippen LogP contribution in [0.3, 0.4) is 0 Å². The highest BCUT2D eigenvalue weighted by Crippen LogP contribution is 2.38. The first kappa shape index (κ1) is 26.3. The highest BCUT2D eigenvalue weighted by Gasteiger charge is 2.51. The molecule has 1 heterocycles. The summed E-state index contributed by atoms with van der Waals surface area (Å²) in [6.07, 6.45) is 2.39. The minimum Gasteiger partial charge on any atom is -0.405 e. The number of hydrogen-bond donors (Lipinski definition) is 0. The van der Waals surface area contributed by atoms with Crippen molar-refractivity contribution in [3.8, 4) is 0 Å². The fraction of sp³-hybridized carbons (Fsp3) is 0.444. The molecular formula is C27H37NO5Si. The standard InChI is InChI=1S/C27H37NO5Si/c1-26(2,3)34(21-14-10-8-11-15-21,22-16-12-9-13-17-22)31-20-24-23(32-27(4,5)33-24)18-19-25(29)28(6)30-7/h8-19,23-24H,20H2,1-7H3/b19-18-/t23-,24-/m1/s1. The van der Waals surface area contributed by atoms with Gasteiger partial charge in [0.15, 0.2) is 5.79 Å². The van der Waals surface area contributed by atoms with Gasteiger partial charge in [0.1, 0.15) is 12.2 Å². The predicted molar refractivity (Wildman–Crippen MR) is 136 cm³/mol. The first-order valence-electron chi connectivity index (χ1n) is 11.6. The van der Waals surface area contributed by atoms with Crippen LogP contribution in [0, 0.1) is 0 Å². The van der Waals surface area contributed by atoms with Crippen LogP contribution in [0.15, 0.2) is 72.8 Å². The van der Waals surface area contributed by atoms with Crippen LogP contribution in [0.5, 0.6) is 0 Å². The molecule has 7 heteroatoms. The molecule has 0 N–H and O–H groups in total. The van der Waals surface area contributed by atoms with E-state index in [0.717, 1.165) is 5.06 Å². The number of likely N-dealkylation sites (N-methyl/N-ethyl adjacent to an activating group) is 1. The van der Waals surface area contributed by atoms with E-state index in [0.29, 0.717) is 6.61 Å². The number of carbonyl (C=O) groups is 1. The molecule has 2 atom stereocenters. The van der Waals surface area contributed by atoms with Crippen LogP contribution in [0.2, 0.25) is 5.04 Å². The van der Waals surface area contributed by atoms with Crippen molar-refractivity contribution in [3.05, 3.63) is 72.8 Å². The van der Waals surface area contributed by atoms with Gasteiger partial charge in [-0.2, -0.15) is 0 Å². The molecule has 0 radical (unpaired) electrons. The third-order valence-corrected chi connectivity index (χ3v) is 11.1. The van der Waals surface area contributed by atoms with Gasteiger partial charge in [0.25, 0.3) is 14.2 Å². The fourth-order valence-corrected chi connectivity index (χ4v) is 9.07. The Morgan fingerprint density at radius 1 is 1.03 bits per heavy atom. The Balaban J connectivity index is 1.95. The Labute approximate surface area is 204 Å². The van der Waals surface area contributed by atoms with E-state index in [2.05, 4.69) is 69.3 Å². The number of hydrogen-bond acceptors (Lipinski definition) is 5. The van der Waals surface area contributed by atoms with Crippen molar-refractivity contribution in [2.75, 3.05) is 20.8 Å². The number of nitrogens with zero attached hydrogens (tertiary/aromatic N) is 1. The number of ether oxygens (including phenoxy) is 2. The van der Waals surface area contributed by atoms with Gasteiger partial charge in [0.2, 0.25) is 0 Å². The van der Waals surface area contributed by atoms with Gasteiger partial charge in [0.05, 0.1) is 13.7 Å². The van der Waals surface area contributed by atoms with Gasteiger partial charge in [-0.1, -0.05) is 81.4 Å². The normalized spacial score (nSPS) is 20.6. The molecule has 184 valence electrons. The second kappa shape index (κ2) is 10.5. The van der Waals surface area contributed by atoms with Crippen LogP contribution in [0.25, 0.3) is 0 Å². The van der Waals surface area contributed by atoms with E-state index in [9.17, 15) is 4.79 Å². The van der Waals surface area contributed by atoms with E-state index in [4.69, 9.17) is 18.7 Å². The molecule has 0 bridgehead atoms. The van der Waals surface area contributed by atoms with E-state index < -0.39 is 20.2 Å². The minimum absolute atomic E-state index is 0.146. The lowest BCUT2D eigenvalue weighted by molar-refractivity contribution is -0.162. The fourth-order valence-electron chi connectivity index (χ4n) is 4.50. The van der Waals surface area contributed by atoms with E-state index in [1.165, 1.54) is 23.6 Å². The van der Waals surface area contributed by atoms with Gasteiger partial charge in [0, 0.05) is 13.1 Å². The van der Waals surface area contributed by atoms with Gasteiger partial charge in [-0.05, 0) is 35.3 Å².